The van der Waals surface area contributed by atoms with Crippen LogP contribution in [0, 0.1) is 0 Å². The van der Waals surface area contributed by atoms with E-state index in [-0.39, 0.29) is 34.0 Å². The molecular weight excluding hydrogens is 1110 g/mol. The summed E-state index contributed by atoms with van der Waals surface area (Å²) in [5.74, 6) is 1.83. The number of tetrazole rings is 2. The molecule has 3 N–H and O–H groups in total. The molecule has 24 nitrogen and oxygen atoms in total. The first-order valence-corrected chi connectivity index (χ1v) is 33.7. The Morgan fingerprint density at radius 3 is 1.58 bits per heavy atom. The molecule has 0 saturated carbocycles. The SMILES string of the molecule is C[C@H](CO[Si](C)(C)C(C)(C)C)n1nnnc1-c1cccc(NC(=O)c2cc3c(cn2)CCN(c2ncccn2)C3)n1.C[C@H](CO[Si](C)(C)C(C)(C)C)n1nnnc1-c1cccc(NC(=O)c2cc3c(cn2)CCNC3)n1.Clc1ncccn1. The molecule has 8 aromatic heterocycles. The molecule has 0 aliphatic carbocycles. The zero-order valence-electron chi connectivity index (χ0n) is 49.2. The van der Waals surface area contributed by atoms with Gasteiger partial charge in [0.15, 0.2) is 16.6 Å². The maximum Gasteiger partial charge on any atom is 0.275 e. The van der Waals surface area contributed by atoms with Crippen molar-refractivity contribution in [1.29, 1.82) is 0 Å². The Morgan fingerprint density at radius 2 is 1.11 bits per heavy atom. The van der Waals surface area contributed by atoms with E-state index < -0.39 is 16.6 Å². The van der Waals surface area contributed by atoms with Gasteiger partial charge in [-0.25, -0.2) is 39.3 Å². The van der Waals surface area contributed by atoms with Gasteiger partial charge in [-0.15, -0.1) is 10.2 Å². The Bertz CT molecular complexity index is 3470. The molecule has 0 unspecified atom stereocenters. The van der Waals surface area contributed by atoms with E-state index in [2.05, 4.69) is 160 Å². The molecule has 83 heavy (non-hydrogen) atoms. The Morgan fingerprint density at radius 1 is 0.639 bits per heavy atom. The van der Waals surface area contributed by atoms with Crippen molar-refractivity contribution in [3.05, 3.63) is 137 Å². The first-order chi connectivity index (χ1) is 39.5. The molecule has 2 amide bonds. The van der Waals surface area contributed by atoms with Gasteiger partial charge in [0.1, 0.15) is 34.4 Å². The number of hydrogen-bond acceptors (Lipinski definition) is 20. The van der Waals surface area contributed by atoms with Crippen LogP contribution in [0.4, 0.5) is 17.6 Å². The highest BCUT2D eigenvalue weighted by Gasteiger charge is 2.39. The molecule has 2 aliphatic rings. The molecule has 0 bridgehead atoms. The standard InChI is InChI=1S/C28H36N10O2Si.C24H34N8O2Si.C4H3ClN2/c1-19(18-40-41(5,6)28(2,3)4)38-25(34-35-36-38)22-9-7-10-24(32-22)33-26(39)23-15-21-17-37(14-11-20(21)16-31-23)27-29-12-8-13-30-27;1-16(15-34-35(5,6)24(2,3)4)32-22(29-30-31-32)19-8-7-9-21(27-19)28-23(33)20-12-18-13-25-11-10-17(18)14-26-20;5-4-6-2-1-3-7-4/h7-10,12-13,15-16,19H,11,14,17-18H2,1-6H3,(H,32,33,39);7-9,12,14,16,25H,10-11,13,15H2,1-6H3,(H,27,28,33);1-3H/t19-;16-;/m11./s1. The second kappa shape index (κ2) is 26.7. The van der Waals surface area contributed by atoms with Crippen molar-refractivity contribution in [3.63, 3.8) is 0 Å². The number of aromatic nitrogens is 16. The lowest BCUT2D eigenvalue weighted by molar-refractivity contribution is 0.101. The molecule has 2 aliphatic heterocycles. The van der Waals surface area contributed by atoms with Crippen LogP contribution in [0.1, 0.15) is 111 Å². The van der Waals surface area contributed by atoms with Crippen molar-refractivity contribution in [2.45, 2.75) is 130 Å². The first-order valence-electron chi connectivity index (χ1n) is 27.5. The lowest BCUT2D eigenvalue weighted by Gasteiger charge is -2.36. The van der Waals surface area contributed by atoms with E-state index in [9.17, 15) is 9.59 Å². The zero-order valence-corrected chi connectivity index (χ0v) is 51.9. The zero-order chi connectivity index (χ0) is 59.5. The van der Waals surface area contributed by atoms with E-state index in [0.717, 1.165) is 49.2 Å². The summed E-state index contributed by atoms with van der Waals surface area (Å²) in [7, 11) is -3.83. The second-order valence-corrected chi connectivity index (χ2v) is 33.3. The minimum atomic E-state index is -1.93. The fourth-order valence-electron chi connectivity index (χ4n) is 8.12. The summed E-state index contributed by atoms with van der Waals surface area (Å²) in [5, 5.41) is 34.1. The van der Waals surface area contributed by atoms with Crippen LogP contribution in [-0.4, -0.2) is 135 Å². The van der Waals surface area contributed by atoms with E-state index in [1.54, 1.807) is 70.8 Å². The van der Waals surface area contributed by atoms with E-state index in [1.807, 2.05) is 50.2 Å². The number of pyridine rings is 4. The van der Waals surface area contributed by atoms with Crippen LogP contribution in [0.15, 0.2) is 97.8 Å². The highest BCUT2D eigenvalue weighted by atomic mass is 35.5. The van der Waals surface area contributed by atoms with Crippen molar-refractivity contribution < 1.29 is 18.4 Å². The van der Waals surface area contributed by atoms with Crippen LogP contribution in [0.5, 0.6) is 0 Å². The lowest BCUT2D eigenvalue weighted by atomic mass is 10.0. The number of halogens is 1. The normalized spacial score (nSPS) is 14.2. The van der Waals surface area contributed by atoms with Crippen LogP contribution in [-0.2, 0) is 34.8 Å². The third-order valence-corrected chi connectivity index (χ3v) is 24.3. The second-order valence-electron chi connectivity index (χ2n) is 23.3. The molecule has 0 fully saturated rings. The summed E-state index contributed by atoms with van der Waals surface area (Å²) in [6.45, 7) is 30.3. The van der Waals surface area contributed by atoms with Crippen molar-refractivity contribution in [3.8, 4) is 23.0 Å². The lowest BCUT2D eigenvalue weighted by Crippen LogP contribution is -2.42. The fourth-order valence-corrected chi connectivity index (χ4v) is 10.4. The number of nitrogens with one attached hydrogen (secondary N) is 3. The van der Waals surface area contributed by atoms with Gasteiger partial charge in [-0.05, 0) is 173 Å². The molecule has 27 heteroatoms. The summed E-state index contributed by atoms with van der Waals surface area (Å²) >= 11 is 5.32. The predicted molar refractivity (Wildman–Crippen MR) is 321 cm³/mol. The monoisotopic (exact) mass is 1180 g/mol. The van der Waals surface area contributed by atoms with Gasteiger partial charge in [-0.2, -0.15) is 0 Å². The topological polar surface area (TPSA) is 282 Å². The molecule has 436 valence electrons. The number of carbonyl (C=O) groups excluding carboxylic acids is 2. The van der Waals surface area contributed by atoms with Gasteiger partial charge in [-0.3, -0.25) is 19.6 Å². The van der Waals surface area contributed by atoms with Crippen molar-refractivity contribution in [2.24, 2.45) is 0 Å². The van der Waals surface area contributed by atoms with Crippen LogP contribution < -0.4 is 20.9 Å². The number of rotatable bonds is 15. The largest absolute Gasteiger partial charge is 0.415 e. The number of fused-ring (bicyclic) bond motifs is 2. The van der Waals surface area contributed by atoms with Crippen LogP contribution >= 0.6 is 11.6 Å². The summed E-state index contributed by atoms with van der Waals surface area (Å²) in [6, 6.07) is 17.7. The van der Waals surface area contributed by atoms with Crippen molar-refractivity contribution in [1.82, 2.24) is 85.6 Å². The number of anilines is 3. The smallest absolute Gasteiger partial charge is 0.275 e. The Kier molecular flexibility index (Phi) is 19.7. The third kappa shape index (κ3) is 15.9. The van der Waals surface area contributed by atoms with E-state index in [4.69, 9.17) is 20.5 Å². The number of amides is 2. The van der Waals surface area contributed by atoms with Gasteiger partial charge < -0.3 is 29.7 Å². The molecule has 2 atom stereocenters. The highest BCUT2D eigenvalue weighted by Crippen LogP contribution is 2.38. The Hall–Kier alpha value is -7.76. The van der Waals surface area contributed by atoms with E-state index >= 15 is 0 Å². The summed E-state index contributed by atoms with van der Waals surface area (Å²) in [5.41, 5.74) is 6.21. The predicted octanol–water partition coefficient (Wildman–Crippen LogP) is 9.06. The first kappa shape index (κ1) is 61.3. The summed E-state index contributed by atoms with van der Waals surface area (Å²) in [4.78, 5) is 62.1. The van der Waals surface area contributed by atoms with Gasteiger partial charge >= 0.3 is 0 Å². The maximum absolute atomic E-state index is 13.2. The van der Waals surface area contributed by atoms with Gasteiger partial charge in [0.05, 0.1) is 25.3 Å². The highest BCUT2D eigenvalue weighted by molar-refractivity contribution is 6.74. The molecule has 10 heterocycles. The summed E-state index contributed by atoms with van der Waals surface area (Å²) < 4.78 is 16.2. The molecule has 8 aromatic rings. The maximum atomic E-state index is 13.2. The average Bonchev–Trinajstić information content (AvgIpc) is 4.42. The van der Waals surface area contributed by atoms with Crippen LogP contribution in [0.2, 0.25) is 41.5 Å². The molecular formula is C56H73ClN20O4Si2. The van der Waals surface area contributed by atoms with Gasteiger partial charge in [0.2, 0.25) is 22.9 Å². The molecule has 0 saturated heterocycles. The van der Waals surface area contributed by atoms with Crippen LogP contribution in [0.25, 0.3) is 23.0 Å². The minimum Gasteiger partial charge on any atom is -0.415 e. The number of carbonyl (C=O) groups is 2. The van der Waals surface area contributed by atoms with Crippen molar-refractivity contribution in [2.75, 3.05) is 41.8 Å². The fraction of sp³-hybridized carbons (Fsp3) is 0.429. The van der Waals surface area contributed by atoms with Gasteiger partial charge in [0.25, 0.3) is 11.8 Å². The quantitative estimate of drug-likeness (QED) is 0.0637. The number of hydrogen-bond donors (Lipinski definition) is 3. The molecule has 0 spiro atoms. The van der Waals surface area contributed by atoms with Crippen molar-refractivity contribution >= 4 is 57.6 Å². The summed E-state index contributed by atoms with van der Waals surface area (Å²) in [6.07, 6.45) is 11.9. The number of nitrogens with zero attached hydrogens (tertiary/aromatic N) is 17. The minimum absolute atomic E-state index is 0.0810. The third-order valence-electron chi connectivity index (χ3n) is 15.1. The Balaban J connectivity index is 0.000000196. The van der Waals surface area contributed by atoms with Gasteiger partial charge in [-0.1, -0.05) is 53.7 Å². The Labute approximate surface area is 490 Å². The van der Waals surface area contributed by atoms with Crippen LogP contribution in [0.3, 0.4) is 0 Å². The molecule has 0 aromatic carbocycles. The van der Waals surface area contributed by atoms with Gasteiger partial charge in [0, 0.05) is 56.8 Å². The van der Waals surface area contributed by atoms with E-state index in [0.29, 0.717) is 77.1 Å². The molecule has 10 rings (SSSR count). The molecule has 0 radical (unpaired) electrons. The van der Waals surface area contributed by atoms with E-state index in [1.165, 1.54) is 5.56 Å². The average molecular weight is 1180 g/mol.